The molecule has 0 aliphatic carbocycles. The molecule has 0 aliphatic heterocycles. The lowest BCUT2D eigenvalue weighted by Gasteiger charge is -2.22. The molecule has 2 rings (SSSR count). The molecule has 8 heteroatoms. The van der Waals surface area contributed by atoms with E-state index in [-0.39, 0.29) is 22.7 Å². The van der Waals surface area contributed by atoms with Gasteiger partial charge in [-0.1, -0.05) is 19.9 Å². The molecular formula is C20H20F2N2O4. The summed E-state index contributed by atoms with van der Waals surface area (Å²) in [5.74, 6) is -3.79. The predicted molar refractivity (Wildman–Crippen MR) is 98.9 cm³/mol. The van der Waals surface area contributed by atoms with Crippen LogP contribution in [0.5, 0.6) is 0 Å². The van der Waals surface area contributed by atoms with Gasteiger partial charge in [0.05, 0.1) is 6.42 Å². The van der Waals surface area contributed by atoms with E-state index in [4.69, 9.17) is 5.11 Å². The fourth-order valence-electron chi connectivity index (χ4n) is 2.51. The number of hydrogen-bond donors (Lipinski definition) is 3. The van der Waals surface area contributed by atoms with Crippen LogP contribution in [0.4, 0.5) is 14.5 Å². The third-order valence-electron chi connectivity index (χ3n) is 4.00. The zero-order valence-corrected chi connectivity index (χ0v) is 15.3. The first-order valence-corrected chi connectivity index (χ1v) is 8.55. The summed E-state index contributed by atoms with van der Waals surface area (Å²) >= 11 is 0. The molecule has 0 saturated heterocycles. The Morgan fingerprint density at radius 3 is 2.21 bits per heavy atom. The average molecular weight is 390 g/mol. The van der Waals surface area contributed by atoms with Crippen LogP contribution < -0.4 is 10.6 Å². The Morgan fingerprint density at radius 1 is 1.04 bits per heavy atom. The number of benzene rings is 2. The Balaban J connectivity index is 2.10. The van der Waals surface area contributed by atoms with Crippen molar-refractivity contribution >= 4 is 23.5 Å². The SMILES string of the molecule is CC(C)C(NC(=O)c1ccc(F)cc1)C(=O)Nc1ccc(CC(=O)O)c(F)c1. The van der Waals surface area contributed by atoms with Gasteiger partial charge in [0.15, 0.2) is 0 Å². The summed E-state index contributed by atoms with van der Waals surface area (Å²) in [5.41, 5.74) is 0.331. The Kier molecular flexibility index (Phi) is 6.81. The largest absolute Gasteiger partial charge is 0.481 e. The van der Waals surface area contributed by atoms with Gasteiger partial charge in [0.1, 0.15) is 17.7 Å². The van der Waals surface area contributed by atoms with Crippen LogP contribution >= 0.6 is 0 Å². The van der Waals surface area contributed by atoms with Crippen molar-refractivity contribution in [2.75, 3.05) is 5.32 Å². The van der Waals surface area contributed by atoms with E-state index >= 15 is 0 Å². The van der Waals surface area contributed by atoms with Gasteiger partial charge in [0.25, 0.3) is 5.91 Å². The maximum atomic E-state index is 14.0. The molecule has 0 heterocycles. The summed E-state index contributed by atoms with van der Waals surface area (Å²) in [6, 6.07) is 7.66. The number of aliphatic carboxylic acids is 1. The third kappa shape index (κ3) is 5.60. The number of carboxylic acids is 1. The zero-order valence-electron chi connectivity index (χ0n) is 15.3. The molecule has 1 unspecified atom stereocenters. The maximum Gasteiger partial charge on any atom is 0.307 e. The van der Waals surface area contributed by atoms with Crippen molar-refractivity contribution in [3.8, 4) is 0 Å². The van der Waals surface area contributed by atoms with Gasteiger partial charge >= 0.3 is 5.97 Å². The van der Waals surface area contributed by atoms with Crippen molar-refractivity contribution in [1.29, 1.82) is 0 Å². The van der Waals surface area contributed by atoms with E-state index in [0.717, 1.165) is 18.2 Å². The van der Waals surface area contributed by atoms with Crippen LogP contribution in [-0.2, 0) is 16.0 Å². The Hall–Kier alpha value is -3.29. The highest BCUT2D eigenvalue weighted by Gasteiger charge is 2.25. The van der Waals surface area contributed by atoms with E-state index in [2.05, 4.69) is 10.6 Å². The number of anilines is 1. The minimum Gasteiger partial charge on any atom is -0.481 e. The van der Waals surface area contributed by atoms with Gasteiger partial charge in [-0.25, -0.2) is 8.78 Å². The number of amides is 2. The molecule has 148 valence electrons. The first-order valence-electron chi connectivity index (χ1n) is 8.55. The molecule has 2 aromatic carbocycles. The summed E-state index contributed by atoms with van der Waals surface area (Å²) < 4.78 is 27.0. The fraction of sp³-hybridized carbons (Fsp3) is 0.250. The van der Waals surface area contributed by atoms with Crippen LogP contribution in [0.15, 0.2) is 42.5 Å². The molecule has 6 nitrogen and oxygen atoms in total. The highest BCUT2D eigenvalue weighted by Crippen LogP contribution is 2.16. The van der Waals surface area contributed by atoms with Gasteiger partial charge in [0, 0.05) is 11.3 Å². The van der Waals surface area contributed by atoms with Crippen molar-refractivity contribution in [3.63, 3.8) is 0 Å². The van der Waals surface area contributed by atoms with Crippen molar-refractivity contribution in [1.82, 2.24) is 5.32 Å². The van der Waals surface area contributed by atoms with Gasteiger partial charge in [-0.2, -0.15) is 0 Å². The zero-order chi connectivity index (χ0) is 20.8. The minimum absolute atomic E-state index is 0.00415. The number of carboxylic acid groups (broad SMARTS) is 1. The lowest BCUT2D eigenvalue weighted by Crippen LogP contribution is -2.47. The van der Waals surface area contributed by atoms with Crippen LogP contribution in [0.1, 0.15) is 29.8 Å². The smallest absolute Gasteiger partial charge is 0.307 e. The number of carbonyl (C=O) groups is 3. The highest BCUT2D eigenvalue weighted by atomic mass is 19.1. The minimum atomic E-state index is -1.17. The van der Waals surface area contributed by atoms with Crippen molar-refractivity contribution in [2.24, 2.45) is 5.92 Å². The second-order valence-corrected chi connectivity index (χ2v) is 6.57. The van der Waals surface area contributed by atoms with E-state index in [0.29, 0.717) is 0 Å². The molecule has 0 fully saturated rings. The molecule has 0 aromatic heterocycles. The van der Waals surface area contributed by atoms with Gasteiger partial charge < -0.3 is 15.7 Å². The number of nitrogens with one attached hydrogen (secondary N) is 2. The van der Waals surface area contributed by atoms with E-state index in [1.54, 1.807) is 13.8 Å². The predicted octanol–water partition coefficient (Wildman–Crippen LogP) is 2.99. The van der Waals surface area contributed by atoms with Crippen LogP contribution in [-0.4, -0.2) is 28.9 Å². The van der Waals surface area contributed by atoms with Gasteiger partial charge in [-0.05, 0) is 47.9 Å². The van der Waals surface area contributed by atoms with E-state index in [9.17, 15) is 23.2 Å². The Bertz CT molecular complexity index is 882. The van der Waals surface area contributed by atoms with E-state index in [1.165, 1.54) is 24.3 Å². The summed E-state index contributed by atoms with van der Waals surface area (Å²) in [5, 5.41) is 13.8. The molecule has 0 bridgehead atoms. The molecule has 2 amide bonds. The normalized spacial score (nSPS) is 11.8. The number of halogens is 2. The summed E-state index contributed by atoms with van der Waals surface area (Å²) in [6.07, 6.45) is -0.470. The molecule has 28 heavy (non-hydrogen) atoms. The summed E-state index contributed by atoms with van der Waals surface area (Å²) in [6.45, 7) is 3.46. The molecule has 1 atom stereocenters. The average Bonchev–Trinajstić information content (AvgIpc) is 2.61. The molecule has 0 radical (unpaired) electrons. The van der Waals surface area contributed by atoms with Gasteiger partial charge in [0.2, 0.25) is 5.91 Å². The van der Waals surface area contributed by atoms with Crippen LogP contribution in [0.2, 0.25) is 0 Å². The Morgan fingerprint density at radius 2 is 1.68 bits per heavy atom. The maximum absolute atomic E-state index is 14.0. The molecule has 3 N–H and O–H groups in total. The van der Waals surface area contributed by atoms with Crippen molar-refractivity contribution < 1.29 is 28.3 Å². The lowest BCUT2D eigenvalue weighted by molar-refractivity contribution is -0.136. The highest BCUT2D eigenvalue weighted by molar-refractivity contribution is 6.01. The van der Waals surface area contributed by atoms with Gasteiger partial charge in [-0.3, -0.25) is 14.4 Å². The van der Waals surface area contributed by atoms with Crippen molar-refractivity contribution in [3.05, 3.63) is 65.2 Å². The number of rotatable bonds is 7. The lowest BCUT2D eigenvalue weighted by atomic mass is 10.0. The monoisotopic (exact) mass is 390 g/mol. The molecular weight excluding hydrogens is 370 g/mol. The molecule has 0 aliphatic rings. The Labute approximate surface area is 160 Å². The number of hydrogen-bond acceptors (Lipinski definition) is 3. The second kappa shape index (κ2) is 9.07. The quantitative estimate of drug-likeness (QED) is 0.677. The first-order chi connectivity index (χ1) is 13.2. The second-order valence-electron chi connectivity index (χ2n) is 6.57. The summed E-state index contributed by atoms with van der Waals surface area (Å²) in [4.78, 5) is 35.5. The first kappa shape index (κ1) is 21.0. The summed E-state index contributed by atoms with van der Waals surface area (Å²) in [7, 11) is 0. The van der Waals surface area contributed by atoms with Crippen LogP contribution in [0.3, 0.4) is 0 Å². The topological polar surface area (TPSA) is 95.5 Å². The molecule has 2 aromatic rings. The standard InChI is InChI=1S/C20H20F2N2O4/c1-11(2)18(24-19(27)12-3-6-14(21)7-4-12)20(28)23-15-8-5-13(9-17(25)26)16(22)10-15/h3-8,10-11,18H,9H2,1-2H3,(H,23,28)(H,24,27)(H,25,26). The molecule has 0 spiro atoms. The molecule has 0 saturated carbocycles. The van der Waals surface area contributed by atoms with Crippen LogP contribution in [0.25, 0.3) is 0 Å². The number of carbonyl (C=O) groups excluding carboxylic acids is 2. The van der Waals surface area contributed by atoms with E-state index in [1.807, 2.05) is 0 Å². The van der Waals surface area contributed by atoms with Crippen molar-refractivity contribution in [2.45, 2.75) is 26.3 Å². The van der Waals surface area contributed by atoms with Crippen LogP contribution in [0, 0.1) is 17.6 Å². The van der Waals surface area contributed by atoms with E-state index < -0.39 is 41.9 Å². The third-order valence-corrected chi connectivity index (χ3v) is 4.00. The van der Waals surface area contributed by atoms with Gasteiger partial charge in [-0.15, -0.1) is 0 Å². The fourth-order valence-corrected chi connectivity index (χ4v) is 2.51.